The molecular formula is C21H32N4O7. The number of amides is 3. The Bertz CT molecular complexity index is 796. The highest BCUT2D eigenvalue weighted by molar-refractivity contribution is 5.92. The Labute approximate surface area is 186 Å². The summed E-state index contributed by atoms with van der Waals surface area (Å²) in [5.74, 6) is -3.28. The zero-order valence-corrected chi connectivity index (χ0v) is 18.4. The largest absolute Gasteiger partial charge is 0.508 e. The van der Waals surface area contributed by atoms with Gasteiger partial charge in [-0.05, 0) is 37.0 Å². The van der Waals surface area contributed by atoms with Gasteiger partial charge in [-0.25, -0.2) is 4.79 Å². The molecule has 0 aromatic heterocycles. The summed E-state index contributed by atoms with van der Waals surface area (Å²) < 4.78 is 0. The van der Waals surface area contributed by atoms with Gasteiger partial charge >= 0.3 is 5.97 Å². The summed E-state index contributed by atoms with van der Waals surface area (Å²) in [6, 6.07) is 2.24. The Morgan fingerprint density at radius 1 is 1.00 bits per heavy atom. The van der Waals surface area contributed by atoms with E-state index in [0.29, 0.717) is 12.0 Å². The number of nitrogens with one attached hydrogen (secondary N) is 3. The smallest absolute Gasteiger partial charge is 0.326 e. The van der Waals surface area contributed by atoms with Gasteiger partial charge in [0.15, 0.2) is 0 Å². The summed E-state index contributed by atoms with van der Waals surface area (Å²) in [5.41, 5.74) is 6.29. The SMILES string of the molecule is CC(C)CC(N)C(=O)NCC(=O)NC(C(=O)NC(Cc1ccc(O)cc1)C(=O)O)C(C)O. The van der Waals surface area contributed by atoms with E-state index in [0.717, 1.165) is 0 Å². The Hall–Kier alpha value is -3.18. The van der Waals surface area contributed by atoms with E-state index in [-0.39, 0.29) is 18.1 Å². The van der Waals surface area contributed by atoms with Crippen molar-refractivity contribution in [3.8, 4) is 5.75 Å². The van der Waals surface area contributed by atoms with Crippen LogP contribution in [0, 0.1) is 5.92 Å². The van der Waals surface area contributed by atoms with Gasteiger partial charge < -0.3 is 37.0 Å². The summed E-state index contributed by atoms with van der Waals surface area (Å²) in [6.45, 7) is 4.60. The maximum absolute atomic E-state index is 12.6. The first-order chi connectivity index (χ1) is 14.9. The predicted molar refractivity (Wildman–Crippen MR) is 115 cm³/mol. The molecule has 3 amide bonds. The van der Waals surface area contributed by atoms with Crippen LogP contribution < -0.4 is 21.7 Å². The quantitative estimate of drug-likeness (QED) is 0.207. The number of carboxylic acids is 1. The molecule has 0 radical (unpaired) electrons. The number of aliphatic carboxylic acids is 1. The molecule has 1 aromatic carbocycles. The molecule has 32 heavy (non-hydrogen) atoms. The predicted octanol–water partition coefficient (Wildman–Crippen LogP) is -1.14. The number of nitrogens with two attached hydrogens (primary N) is 1. The fourth-order valence-corrected chi connectivity index (χ4v) is 2.87. The molecule has 0 aliphatic carbocycles. The fourth-order valence-electron chi connectivity index (χ4n) is 2.87. The third-order valence-corrected chi connectivity index (χ3v) is 4.56. The van der Waals surface area contributed by atoms with Crippen LogP contribution in [0.15, 0.2) is 24.3 Å². The van der Waals surface area contributed by atoms with E-state index in [1.165, 1.54) is 31.2 Å². The number of carbonyl (C=O) groups is 4. The number of aromatic hydroxyl groups is 1. The van der Waals surface area contributed by atoms with E-state index in [2.05, 4.69) is 16.0 Å². The number of phenolic OH excluding ortho intramolecular Hbond substituents is 1. The molecule has 4 unspecified atom stereocenters. The average molecular weight is 453 g/mol. The van der Waals surface area contributed by atoms with E-state index < -0.39 is 54.5 Å². The third-order valence-electron chi connectivity index (χ3n) is 4.56. The first kappa shape index (κ1) is 26.9. The van der Waals surface area contributed by atoms with Gasteiger partial charge in [0.2, 0.25) is 17.7 Å². The normalized spacial score (nSPS) is 14.7. The highest BCUT2D eigenvalue weighted by Crippen LogP contribution is 2.11. The van der Waals surface area contributed by atoms with Gasteiger partial charge in [-0.3, -0.25) is 14.4 Å². The second-order valence-corrected chi connectivity index (χ2v) is 8.01. The van der Waals surface area contributed by atoms with Crippen molar-refractivity contribution in [2.45, 2.75) is 57.8 Å². The van der Waals surface area contributed by atoms with Gasteiger partial charge in [-0.1, -0.05) is 26.0 Å². The van der Waals surface area contributed by atoms with Crippen molar-refractivity contribution >= 4 is 23.7 Å². The summed E-state index contributed by atoms with van der Waals surface area (Å²) in [5, 5.41) is 35.6. The molecular weight excluding hydrogens is 420 g/mol. The lowest BCUT2D eigenvalue weighted by molar-refractivity contribution is -0.142. The Balaban J connectivity index is 2.70. The monoisotopic (exact) mass is 452 g/mol. The highest BCUT2D eigenvalue weighted by atomic mass is 16.4. The zero-order chi connectivity index (χ0) is 24.4. The molecule has 1 rings (SSSR count). The molecule has 4 atom stereocenters. The number of carboxylic acid groups (broad SMARTS) is 1. The van der Waals surface area contributed by atoms with Gasteiger partial charge in [0.05, 0.1) is 18.7 Å². The molecule has 0 fully saturated rings. The maximum atomic E-state index is 12.6. The molecule has 0 heterocycles. The Kier molecular flexibility index (Phi) is 10.6. The van der Waals surface area contributed by atoms with Gasteiger partial charge in [-0.15, -0.1) is 0 Å². The molecule has 178 valence electrons. The first-order valence-electron chi connectivity index (χ1n) is 10.2. The number of aliphatic hydroxyl groups is 1. The second-order valence-electron chi connectivity index (χ2n) is 8.01. The van der Waals surface area contributed by atoms with Crippen molar-refractivity contribution in [3.05, 3.63) is 29.8 Å². The van der Waals surface area contributed by atoms with Gasteiger partial charge in [0, 0.05) is 6.42 Å². The van der Waals surface area contributed by atoms with Crippen LogP contribution in [0.25, 0.3) is 0 Å². The molecule has 11 nitrogen and oxygen atoms in total. The lowest BCUT2D eigenvalue weighted by Gasteiger charge is -2.23. The fraction of sp³-hybridized carbons (Fsp3) is 0.524. The van der Waals surface area contributed by atoms with E-state index >= 15 is 0 Å². The number of rotatable bonds is 12. The summed E-state index contributed by atoms with van der Waals surface area (Å²) in [6.07, 6.45) is -0.976. The van der Waals surface area contributed by atoms with Crippen LogP contribution in [-0.2, 0) is 25.6 Å². The van der Waals surface area contributed by atoms with Crippen molar-refractivity contribution < 1.29 is 34.5 Å². The highest BCUT2D eigenvalue weighted by Gasteiger charge is 2.30. The lowest BCUT2D eigenvalue weighted by Crippen LogP contribution is -2.57. The van der Waals surface area contributed by atoms with Crippen molar-refractivity contribution in [2.24, 2.45) is 11.7 Å². The van der Waals surface area contributed by atoms with Gasteiger partial charge in [0.25, 0.3) is 0 Å². The summed E-state index contributed by atoms with van der Waals surface area (Å²) in [4.78, 5) is 48.2. The van der Waals surface area contributed by atoms with Gasteiger partial charge in [0.1, 0.15) is 17.8 Å². The maximum Gasteiger partial charge on any atom is 0.326 e. The number of carbonyl (C=O) groups excluding carboxylic acids is 3. The Morgan fingerprint density at radius 2 is 1.59 bits per heavy atom. The molecule has 8 N–H and O–H groups in total. The molecule has 0 spiro atoms. The minimum atomic E-state index is -1.44. The van der Waals surface area contributed by atoms with Crippen LogP contribution in [0.2, 0.25) is 0 Å². The lowest BCUT2D eigenvalue weighted by atomic mass is 10.0. The second kappa shape index (κ2) is 12.6. The van der Waals surface area contributed by atoms with Crippen LogP contribution >= 0.6 is 0 Å². The average Bonchev–Trinajstić information content (AvgIpc) is 2.70. The number of hydrogen-bond donors (Lipinski definition) is 7. The standard InChI is InChI=1S/C21H32N4O7/c1-11(2)8-15(22)19(29)23-10-17(28)25-18(12(3)26)20(30)24-16(21(31)32)9-13-4-6-14(27)7-5-13/h4-7,11-12,15-16,18,26-27H,8-10,22H2,1-3H3,(H,23,29)(H,24,30)(H,25,28)(H,31,32). The number of aliphatic hydroxyl groups excluding tert-OH is 1. The molecule has 0 saturated heterocycles. The van der Waals surface area contributed by atoms with E-state index in [1.54, 1.807) is 0 Å². The van der Waals surface area contributed by atoms with Crippen molar-refractivity contribution in [1.29, 1.82) is 0 Å². The third kappa shape index (κ3) is 9.31. The van der Waals surface area contributed by atoms with Crippen molar-refractivity contribution in [1.82, 2.24) is 16.0 Å². The Morgan fingerprint density at radius 3 is 2.09 bits per heavy atom. The molecule has 0 bridgehead atoms. The van der Waals surface area contributed by atoms with Crippen LogP contribution in [0.5, 0.6) is 5.75 Å². The molecule has 0 aliphatic heterocycles. The summed E-state index contributed by atoms with van der Waals surface area (Å²) >= 11 is 0. The van der Waals surface area contributed by atoms with Crippen molar-refractivity contribution in [2.75, 3.05) is 6.54 Å². The number of benzene rings is 1. The minimum Gasteiger partial charge on any atom is -0.508 e. The first-order valence-corrected chi connectivity index (χ1v) is 10.2. The van der Waals surface area contributed by atoms with Crippen LogP contribution in [0.1, 0.15) is 32.8 Å². The number of hydrogen-bond acceptors (Lipinski definition) is 7. The van der Waals surface area contributed by atoms with Crippen LogP contribution in [-0.4, -0.2) is 69.8 Å². The molecule has 1 aromatic rings. The zero-order valence-electron chi connectivity index (χ0n) is 18.4. The van der Waals surface area contributed by atoms with Gasteiger partial charge in [-0.2, -0.15) is 0 Å². The van der Waals surface area contributed by atoms with Crippen LogP contribution in [0.4, 0.5) is 0 Å². The van der Waals surface area contributed by atoms with Crippen molar-refractivity contribution in [3.63, 3.8) is 0 Å². The van der Waals surface area contributed by atoms with E-state index in [9.17, 15) is 34.5 Å². The molecule has 0 aliphatic rings. The number of phenols is 1. The molecule has 11 heteroatoms. The summed E-state index contributed by atoms with van der Waals surface area (Å²) in [7, 11) is 0. The molecule has 0 saturated carbocycles. The topological polar surface area (TPSA) is 191 Å². The van der Waals surface area contributed by atoms with Crippen LogP contribution in [0.3, 0.4) is 0 Å². The van der Waals surface area contributed by atoms with E-state index in [4.69, 9.17) is 5.73 Å². The minimum absolute atomic E-state index is 0.0128. The van der Waals surface area contributed by atoms with E-state index in [1.807, 2.05) is 13.8 Å².